The lowest BCUT2D eigenvalue weighted by Gasteiger charge is -2.36. The number of hydrogen-bond acceptors (Lipinski definition) is 4. The Bertz CT molecular complexity index is 1360. The number of imidazole rings is 1. The van der Waals surface area contributed by atoms with Crippen molar-refractivity contribution < 1.29 is 14.0 Å². The zero-order chi connectivity index (χ0) is 24.4. The summed E-state index contributed by atoms with van der Waals surface area (Å²) in [5, 5.41) is 7.97. The number of anilines is 1. The number of thiazole rings is 1. The van der Waals surface area contributed by atoms with Crippen molar-refractivity contribution in [3.05, 3.63) is 76.1 Å². The maximum absolute atomic E-state index is 13.3. The molecule has 0 spiro atoms. The van der Waals surface area contributed by atoms with Crippen LogP contribution in [0.2, 0.25) is 0 Å². The Balaban J connectivity index is 1.33. The number of halogens is 2. The van der Waals surface area contributed by atoms with Crippen molar-refractivity contribution >= 4 is 49.7 Å². The summed E-state index contributed by atoms with van der Waals surface area (Å²) in [6.07, 6.45) is 6.04. The van der Waals surface area contributed by atoms with E-state index in [2.05, 4.69) is 31.5 Å². The second-order valence-corrected chi connectivity index (χ2v) is 10.6. The van der Waals surface area contributed by atoms with Crippen molar-refractivity contribution in [3.8, 4) is 11.3 Å². The first-order chi connectivity index (χ1) is 16.9. The number of benzene rings is 2. The van der Waals surface area contributed by atoms with Gasteiger partial charge in [0.1, 0.15) is 11.4 Å². The molecule has 2 aromatic heterocycles. The van der Waals surface area contributed by atoms with Crippen LogP contribution in [0, 0.1) is 5.82 Å². The summed E-state index contributed by atoms with van der Waals surface area (Å²) in [5.41, 5.74) is 2.09. The lowest BCUT2D eigenvalue weighted by atomic mass is 9.80. The highest BCUT2D eigenvalue weighted by atomic mass is 79.9. The van der Waals surface area contributed by atoms with Crippen LogP contribution in [-0.4, -0.2) is 26.7 Å². The number of rotatable bonds is 6. The van der Waals surface area contributed by atoms with E-state index in [9.17, 15) is 14.0 Å². The highest BCUT2D eigenvalue weighted by molar-refractivity contribution is 9.10. The molecule has 0 saturated heterocycles. The van der Waals surface area contributed by atoms with Gasteiger partial charge in [0, 0.05) is 33.0 Å². The molecule has 0 radical (unpaired) electrons. The van der Waals surface area contributed by atoms with E-state index in [1.54, 1.807) is 12.1 Å². The summed E-state index contributed by atoms with van der Waals surface area (Å²) >= 11 is 4.85. The molecule has 2 aromatic carbocycles. The molecule has 35 heavy (non-hydrogen) atoms. The number of nitrogens with zero attached hydrogens (tertiary/aromatic N) is 2. The molecular weight excluding hydrogens is 531 g/mol. The van der Waals surface area contributed by atoms with Crippen LogP contribution in [0.15, 0.2) is 64.6 Å². The third-order valence-electron chi connectivity index (χ3n) is 6.39. The van der Waals surface area contributed by atoms with E-state index < -0.39 is 5.54 Å². The summed E-state index contributed by atoms with van der Waals surface area (Å²) in [6, 6.07) is 13.6. The molecule has 0 unspecified atom stereocenters. The van der Waals surface area contributed by atoms with Gasteiger partial charge in [0.25, 0.3) is 0 Å². The van der Waals surface area contributed by atoms with Gasteiger partial charge in [-0.15, -0.1) is 11.3 Å². The molecule has 0 atom stereocenters. The van der Waals surface area contributed by atoms with E-state index in [4.69, 9.17) is 0 Å². The molecule has 1 aliphatic rings. The molecular formula is C26H24BrFN4O2S. The van der Waals surface area contributed by atoms with Gasteiger partial charge in [0.15, 0.2) is 4.96 Å². The van der Waals surface area contributed by atoms with Crippen molar-refractivity contribution in [2.24, 2.45) is 0 Å². The van der Waals surface area contributed by atoms with Gasteiger partial charge >= 0.3 is 0 Å². The molecule has 0 aliphatic heterocycles. The van der Waals surface area contributed by atoms with Crippen LogP contribution in [0.5, 0.6) is 0 Å². The summed E-state index contributed by atoms with van der Waals surface area (Å²) in [4.78, 5) is 31.9. The molecule has 2 heterocycles. The van der Waals surface area contributed by atoms with Crippen LogP contribution in [0.4, 0.5) is 10.1 Å². The number of carbonyl (C=O) groups is 2. The van der Waals surface area contributed by atoms with Gasteiger partial charge in [-0.2, -0.15) is 0 Å². The number of amides is 2. The number of aromatic nitrogens is 2. The molecule has 1 saturated carbocycles. The van der Waals surface area contributed by atoms with Gasteiger partial charge in [-0.3, -0.25) is 14.0 Å². The minimum Gasteiger partial charge on any atom is -0.341 e. The van der Waals surface area contributed by atoms with E-state index in [-0.39, 0.29) is 24.1 Å². The number of hydrogen-bond donors (Lipinski definition) is 2. The van der Waals surface area contributed by atoms with Crippen molar-refractivity contribution in [2.75, 3.05) is 5.32 Å². The lowest BCUT2D eigenvalue weighted by Crippen LogP contribution is -2.58. The molecule has 9 heteroatoms. The van der Waals surface area contributed by atoms with Crippen molar-refractivity contribution in [1.29, 1.82) is 0 Å². The average Bonchev–Trinajstić information content (AvgIpc) is 3.43. The lowest BCUT2D eigenvalue weighted by molar-refractivity contribution is -0.131. The standard InChI is InChI=1S/C26H24BrFN4O2S/c27-18-6-10-20(11-7-18)29-24(34)26(12-2-1-3-13-26)31-23(33)14-21-16-35-25-30-22(15-32(21)25)17-4-8-19(28)9-5-17/h4-11,15-16H,1-3,12-14H2,(H,29,34)(H,31,33). The van der Waals surface area contributed by atoms with E-state index in [0.29, 0.717) is 18.5 Å². The van der Waals surface area contributed by atoms with E-state index in [1.807, 2.05) is 40.2 Å². The molecule has 180 valence electrons. The number of fused-ring (bicyclic) bond motifs is 1. The van der Waals surface area contributed by atoms with Crippen molar-refractivity contribution in [3.63, 3.8) is 0 Å². The topological polar surface area (TPSA) is 75.5 Å². The van der Waals surface area contributed by atoms with Gasteiger partial charge in [-0.05, 0) is 61.4 Å². The minimum atomic E-state index is -0.925. The Morgan fingerprint density at radius 2 is 1.77 bits per heavy atom. The molecule has 2 amide bonds. The monoisotopic (exact) mass is 554 g/mol. The molecule has 6 nitrogen and oxygen atoms in total. The third-order valence-corrected chi connectivity index (χ3v) is 7.80. The molecule has 2 N–H and O–H groups in total. The fraction of sp³-hybridized carbons (Fsp3) is 0.269. The fourth-order valence-corrected chi connectivity index (χ4v) is 5.68. The van der Waals surface area contributed by atoms with Crippen LogP contribution >= 0.6 is 27.3 Å². The molecule has 5 rings (SSSR count). The van der Waals surface area contributed by atoms with Crippen LogP contribution in [0.3, 0.4) is 0 Å². The summed E-state index contributed by atoms with van der Waals surface area (Å²) in [6.45, 7) is 0. The largest absolute Gasteiger partial charge is 0.341 e. The van der Waals surface area contributed by atoms with Gasteiger partial charge in [0.05, 0.1) is 12.1 Å². The molecule has 4 aromatic rings. The zero-order valence-electron chi connectivity index (χ0n) is 18.9. The predicted molar refractivity (Wildman–Crippen MR) is 139 cm³/mol. The smallest absolute Gasteiger partial charge is 0.250 e. The van der Waals surface area contributed by atoms with Crippen LogP contribution in [0.25, 0.3) is 16.2 Å². The maximum Gasteiger partial charge on any atom is 0.250 e. The average molecular weight is 555 g/mol. The molecule has 0 bridgehead atoms. The summed E-state index contributed by atoms with van der Waals surface area (Å²) in [5.74, 6) is -0.674. The SMILES string of the molecule is O=C(Cc1csc2nc(-c3ccc(F)cc3)cn12)NC1(C(=O)Nc2ccc(Br)cc2)CCCCC1. The predicted octanol–water partition coefficient (Wildman–Crippen LogP) is 5.96. The molecule has 1 aliphatic carbocycles. The van der Waals surface area contributed by atoms with Gasteiger partial charge < -0.3 is 10.6 Å². The van der Waals surface area contributed by atoms with E-state index in [1.165, 1.54) is 23.5 Å². The van der Waals surface area contributed by atoms with E-state index >= 15 is 0 Å². The summed E-state index contributed by atoms with van der Waals surface area (Å²) < 4.78 is 16.1. The minimum absolute atomic E-state index is 0.131. The third kappa shape index (κ3) is 5.16. The second-order valence-electron chi connectivity index (χ2n) is 8.84. The van der Waals surface area contributed by atoms with Crippen molar-refractivity contribution in [2.45, 2.75) is 44.1 Å². The molecule has 1 fully saturated rings. The Kier molecular flexibility index (Phi) is 6.71. The zero-order valence-corrected chi connectivity index (χ0v) is 21.3. The first-order valence-electron chi connectivity index (χ1n) is 11.5. The highest BCUT2D eigenvalue weighted by Gasteiger charge is 2.41. The maximum atomic E-state index is 13.3. The Morgan fingerprint density at radius 3 is 2.49 bits per heavy atom. The first kappa shape index (κ1) is 23.7. The van der Waals surface area contributed by atoms with Crippen LogP contribution in [0.1, 0.15) is 37.8 Å². The number of nitrogens with one attached hydrogen (secondary N) is 2. The van der Waals surface area contributed by atoms with Gasteiger partial charge in [-0.25, -0.2) is 9.37 Å². The normalized spacial score (nSPS) is 15.1. The summed E-state index contributed by atoms with van der Waals surface area (Å²) in [7, 11) is 0. The van der Waals surface area contributed by atoms with Crippen LogP contribution < -0.4 is 10.6 Å². The second kappa shape index (κ2) is 9.91. The fourth-order valence-electron chi connectivity index (χ4n) is 4.54. The first-order valence-corrected chi connectivity index (χ1v) is 13.2. The Morgan fingerprint density at radius 1 is 1.06 bits per heavy atom. The number of carbonyl (C=O) groups excluding carboxylic acids is 2. The van der Waals surface area contributed by atoms with E-state index in [0.717, 1.165) is 45.6 Å². The van der Waals surface area contributed by atoms with Crippen LogP contribution in [-0.2, 0) is 16.0 Å². The quantitative estimate of drug-likeness (QED) is 0.308. The Hall–Kier alpha value is -3.04. The highest BCUT2D eigenvalue weighted by Crippen LogP contribution is 2.30. The van der Waals surface area contributed by atoms with Crippen molar-refractivity contribution in [1.82, 2.24) is 14.7 Å². The van der Waals surface area contributed by atoms with Gasteiger partial charge in [0.2, 0.25) is 11.8 Å². The van der Waals surface area contributed by atoms with Gasteiger partial charge in [-0.1, -0.05) is 35.2 Å². The Labute approximate surface area is 214 Å².